The molecule has 0 amide bonds. The third kappa shape index (κ3) is 9.67. The monoisotopic (exact) mass is 269 g/mol. The Labute approximate surface area is 102 Å². The molecule has 9 heteroatoms. The SMILES string of the molecule is CCC(CCC(=O)O)n1ccnc1.F[B-](F)(F)F. The van der Waals surface area contributed by atoms with Crippen LogP contribution in [0.4, 0.5) is 17.3 Å². The van der Waals surface area contributed by atoms with Crippen LogP contribution in [0, 0.1) is 0 Å². The normalized spacial score (nSPS) is 12.5. The lowest BCUT2D eigenvalue weighted by Crippen LogP contribution is -2.08. The average Bonchev–Trinajstić information content (AvgIpc) is 2.69. The van der Waals surface area contributed by atoms with Crippen LogP contribution in [-0.2, 0) is 4.79 Å². The van der Waals surface area contributed by atoms with Crippen molar-refractivity contribution in [1.82, 2.24) is 9.55 Å². The van der Waals surface area contributed by atoms with Gasteiger partial charge in [0.05, 0.1) is 6.33 Å². The van der Waals surface area contributed by atoms with Crippen molar-refractivity contribution in [2.45, 2.75) is 32.2 Å². The average molecular weight is 269 g/mol. The Balaban J connectivity index is 0.000000494. The van der Waals surface area contributed by atoms with Gasteiger partial charge in [0.25, 0.3) is 0 Å². The minimum atomic E-state index is -6.00. The van der Waals surface area contributed by atoms with E-state index in [1.165, 1.54) is 0 Å². The number of carboxylic acids is 1. The van der Waals surface area contributed by atoms with E-state index in [2.05, 4.69) is 4.98 Å². The summed E-state index contributed by atoms with van der Waals surface area (Å²) in [5.74, 6) is -0.737. The van der Waals surface area contributed by atoms with Gasteiger partial charge in [0, 0.05) is 24.9 Å². The van der Waals surface area contributed by atoms with Crippen LogP contribution in [0.25, 0.3) is 0 Å². The predicted molar refractivity (Wildman–Crippen MR) is 58.6 cm³/mol. The molecule has 0 saturated heterocycles. The quantitative estimate of drug-likeness (QED) is 0.660. The fraction of sp³-hybridized carbons (Fsp3) is 0.556. The second-order valence-corrected chi connectivity index (χ2v) is 3.50. The van der Waals surface area contributed by atoms with E-state index in [4.69, 9.17) is 5.11 Å². The van der Waals surface area contributed by atoms with Crippen molar-refractivity contribution in [3.05, 3.63) is 18.7 Å². The van der Waals surface area contributed by atoms with Crippen LogP contribution in [0.3, 0.4) is 0 Å². The van der Waals surface area contributed by atoms with Gasteiger partial charge >= 0.3 is 13.2 Å². The van der Waals surface area contributed by atoms with Crippen LogP contribution in [0.2, 0.25) is 0 Å². The Morgan fingerprint density at radius 3 is 2.33 bits per heavy atom. The zero-order valence-electron chi connectivity index (χ0n) is 9.77. The molecular weight excluding hydrogens is 255 g/mol. The van der Waals surface area contributed by atoms with Gasteiger partial charge in [0.2, 0.25) is 0 Å². The molecule has 1 heterocycles. The molecule has 104 valence electrons. The molecule has 1 unspecified atom stereocenters. The van der Waals surface area contributed by atoms with Gasteiger partial charge in [0.15, 0.2) is 0 Å². The van der Waals surface area contributed by atoms with Gasteiger partial charge in [0.1, 0.15) is 0 Å². The predicted octanol–water partition coefficient (Wildman–Crippen LogP) is 3.00. The fourth-order valence-corrected chi connectivity index (χ4v) is 1.34. The van der Waals surface area contributed by atoms with Crippen LogP contribution in [0.1, 0.15) is 32.2 Å². The molecule has 0 bridgehead atoms. The van der Waals surface area contributed by atoms with Crippen LogP contribution >= 0.6 is 0 Å². The van der Waals surface area contributed by atoms with Crippen LogP contribution in [-0.4, -0.2) is 27.9 Å². The number of hydrogen-bond acceptors (Lipinski definition) is 2. The Kier molecular flexibility index (Phi) is 7.07. The number of imidazole rings is 1. The van der Waals surface area contributed by atoms with Gasteiger partial charge in [-0.3, -0.25) is 4.79 Å². The third-order valence-corrected chi connectivity index (χ3v) is 2.11. The van der Waals surface area contributed by atoms with E-state index in [1.807, 2.05) is 17.7 Å². The van der Waals surface area contributed by atoms with E-state index in [-0.39, 0.29) is 12.5 Å². The highest BCUT2D eigenvalue weighted by Crippen LogP contribution is 2.16. The lowest BCUT2D eigenvalue weighted by molar-refractivity contribution is -0.137. The topological polar surface area (TPSA) is 55.1 Å². The Morgan fingerprint density at radius 2 is 2.00 bits per heavy atom. The zero-order valence-corrected chi connectivity index (χ0v) is 9.77. The Morgan fingerprint density at radius 1 is 1.44 bits per heavy atom. The standard InChI is InChI=1S/C9H14N2O2.BF4/c1-2-8(3-4-9(12)13)11-6-5-10-7-11;2-1(3,4)5/h5-8H,2-4H2,1H3,(H,12,13);/q;-1. The van der Waals surface area contributed by atoms with Gasteiger partial charge in [-0.1, -0.05) is 6.92 Å². The van der Waals surface area contributed by atoms with Gasteiger partial charge in [-0.05, 0) is 12.8 Å². The Hall–Kier alpha value is -1.54. The molecule has 0 spiro atoms. The third-order valence-electron chi connectivity index (χ3n) is 2.11. The number of aliphatic carboxylic acids is 1. The van der Waals surface area contributed by atoms with Gasteiger partial charge in [-0.15, -0.1) is 0 Å². The maximum atomic E-state index is 10.4. The number of hydrogen-bond donors (Lipinski definition) is 1. The van der Waals surface area contributed by atoms with Crippen molar-refractivity contribution >= 4 is 13.2 Å². The van der Waals surface area contributed by atoms with E-state index in [0.717, 1.165) is 6.42 Å². The van der Waals surface area contributed by atoms with E-state index < -0.39 is 13.2 Å². The second-order valence-electron chi connectivity index (χ2n) is 3.50. The number of rotatable bonds is 5. The number of carbonyl (C=O) groups is 1. The molecule has 1 N–H and O–H groups in total. The molecule has 0 radical (unpaired) electrons. The minimum Gasteiger partial charge on any atom is -0.481 e. The van der Waals surface area contributed by atoms with Crippen molar-refractivity contribution in [1.29, 1.82) is 0 Å². The van der Waals surface area contributed by atoms with E-state index in [1.54, 1.807) is 12.5 Å². The zero-order chi connectivity index (χ0) is 14.2. The lowest BCUT2D eigenvalue weighted by atomic mass is 10.1. The molecule has 0 aromatic carbocycles. The molecule has 4 nitrogen and oxygen atoms in total. The smallest absolute Gasteiger partial charge is 0.481 e. The summed E-state index contributed by atoms with van der Waals surface area (Å²) in [4.78, 5) is 14.3. The largest absolute Gasteiger partial charge is 0.673 e. The first-order valence-corrected chi connectivity index (χ1v) is 5.30. The van der Waals surface area contributed by atoms with Crippen molar-refractivity contribution < 1.29 is 27.2 Å². The van der Waals surface area contributed by atoms with E-state index in [9.17, 15) is 22.1 Å². The molecule has 1 aromatic heterocycles. The summed E-state index contributed by atoms with van der Waals surface area (Å²) in [6.45, 7) is 2.05. The molecule has 1 rings (SSSR count). The van der Waals surface area contributed by atoms with Crippen LogP contribution < -0.4 is 0 Å². The van der Waals surface area contributed by atoms with Crippen molar-refractivity contribution in [3.63, 3.8) is 0 Å². The number of carboxylic acid groups (broad SMARTS) is 1. The minimum absolute atomic E-state index is 0.219. The summed E-state index contributed by atoms with van der Waals surface area (Å²) in [5, 5.41) is 8.53. The molecule has 0 saturated carbocycles. The first-order chi connectivity index (χ1) is 8.24. The van der Waals surface area contributed by atoms with Crippen LogP contribution in [0.5, 0.6) is 0 Å². The molecule has 18 heavy (non-hydrogen) atoms. The van der Waals surface area contributed by atoms with Crippen molar-refractivity contribution in [2.75, 3.05) is 0 Å². The van der Waals surface area contributed by atoms with Crippen molar-refractivity contribution in [3.8, 4) is 0 Å². The van der Waals surface area contributed by atoms with Crippen LogP contribution in [0.15, 0.2) is 18.7 Å². The molecule has 1 atom stereocenters. The van der Waals surface area contributed by atoms with Gasteiger partial charge in [-0.2, -0.15) is 0 Å². The Bertz CT molecular complexity index is 337. The second kappa shape index (κ2) is 7.73. The first kappa shape index (κ1) is 16.5. The molecule has 0 fully saturated rings. The number of halogens is 4. The summed E-state index contributed by atoms with van der Waals surface area (Å²) < 4.78 is 41.0. The highest BCUT2D eigenvalue weighted by molar-refractivity contribution is 6.50. The highest BCUT2D eigenvalue weighted by atomic mass is 19.5. The van der Waals surface area contributed by atoms with Crippen molar-refractivity contribution in [2.24, 2.45) is 0 Å². The number of aromatic nitrogens is 2. The highest BCUT2D eigenvalue weighted by Gasteiger charge is 2.20. The molecule has 1 aromatic rings. The van der Waals surface area contributed by atoms with E-state index in [0.29, 0.717) is 6.42 Å². The van der Waals surface area contributed by atoms with Gasteiger partial charge < -0.3 is 26.9 Å². The molecular formula is C9H14BF4N2O2-. The first-order valence-electron chi connectivity index (χ1n) is 5.30. The molecule has 0 aliphatic heterocycles. The van der Waals surface area contributed by atoms with Gasteiger partial charge in [-0.25, -0.2) is 4.98 Å². The summed E-state index contributed by atoms with van der Waals surface area (Å²) >= 11 is 0. The summed E-state index contributed by atoms with van der Waals surface area (Å²) in [6.07, 6.45) is 7.14. The molecule has 0 aliphatic carbocycles. The maximum Gasteiger partial charge on any atom is 0.673 e. The lowest BCUT2D eigenvalue weighted by Gasteiger charge is -2.14. The van der Waals surface area contributed by atoms with E-state index >= 15 is 0 Å². The maximum absolute atomic E-state index is 10.4. The summed E-state index contributed by atoms with van der Waals surface area (Å²) in [7, 11) is -6.00. The summed E-state index contributed by atoms with van der Waals surface area (Å²) in [6, 6.07) is 0.263. The summed E-state index contributed by atoms with van der Waals surface area (Å²) in [5.41, 5.74) is 0. The number of nitrogens with zero attached hydrogens (tertiary/aromatic N) is 2. The molecule has 0 aliphatic rings. The fourth-order valence-electron chi connectivity index (χ4n) is 1.34.